The summed E-state index contributed by atoms with van der Waals surface area (Å²) in [5.41, 5.74) is 7.44. The van der Waals surface area contributed by atoms with Crippen LogP contribution in [0.4, 0.5) is 10.3 Å². The van der Waals surface area contributed by atoms with Gasteiger partial charge in [-0.2, -0.15) is 0 Å². The Morgan fingerprint density at radius 3 is 3.18 bits per heavy atom. The zero-order chi connectivity index (χ0) is 11.8. The van der Waals surface area contributed by atoms with Gasteiger partial charge in [-0.15, -0.1) is 0 Å². The molecule has 0 spiro atoms. The maximum atomic E-state index is 13.1. The van der Waals surface area contributed by atoms with Gasteiger partial charge in [-0.25, -0.2) is 9.37 Å². The van der Waals surface area contributed by atoms with E-state index in [-0.39, 0.29) is 5.82 Å². The van der Waals surface area contributed by atoms with Crippen LogP contribution in [0.15, 0.2) is 18.2 Å². The van der Waals surface area contributed by atoms with E-state index >= 15 is 0 Å². The Balaban J connectivity index is 1.99. The molecule has 5 heteroatoms. The predicted molar refractivity (Wildman–Crippen MR) is 65.1 cm³/mol. The van der Waals surface area contributed by atoms with Crippen molar-refractivity contribution in [2.24, 2.45) is 5.92 Å². The number of rotatable bonds is 2. The minimum atomic E-state index is -0.273. The van der Waals surface area contributed by atoms with E-state index in [9.17, 15) is 4.39 Å². The maximum absolute atomic E-state index is 13.1. The average Bonchev–Trinajstić information content (AvgIpc) is 2.88. The number of nitrogens with zero attached hydrogens (tertiary/aromatic N) is 2. The molecule has 1 aliphatic rings. The van der Waals surface area contributed by atoms with Gasteiger partial charge < -0.3 is 15.6 Å². The van der Waals surface area contributed by atoms with E-state index in [2.05, 4.69) is 10.3 Å². The van der Waals surface area contributed by atoms with Crippen LogP contribution in [-0.2, 0) is 6.54 Å². The molecule has 0 saturated carbocycles. The van der Waals surface area contributed by atoms with E-state index in [1.54, 1.807) is 6.07 Å². The molecule has 1 aromatic carbocycles. The Labute approximate surface area is 98.6 Å². The van der Waals surface area contributed by atoms with Gasteiger partial charge in [0, 0.05) is 12.6 Å². The number of aromatic nitrogens is 2. The molecule has 0 radical (unpaired) electrons. The fraction of sp³-hybridized carbons (Fsp3) is 0.417. The summed E-state index contributed by atoms with van der Waals surface area (Å²) in [4.78, 5) is 4.20. The number of nitrogen functional groups attached to an aromatic ring is 1. The number of anilines is 1. The number of hydrogen-bond acceptors (Lipinski definition) is 3. The second-order valence-corrected chi connectivity index (χ2v) is 4.57. The van der Waals surface area contributed by atoms with Crippen LogP contribution >= 0.6 is 0 Å². The van der Waals surface area contributed by atoms with Crippen LogP contribution in [0.5, 0.6) is 0 Å². The van der Waals surface area contributed by atoms with Gasteiger partial charge in [-0.3, -0.25) is 0 Å². The minimum absolute atomic E-state index is 0.273. The molecule has 1 aromatic heterocycles. The lowest BCUT2D eigenvalue weighted by Crippen LogP contribution is -2.15. The van der Waals surface area contributed by atoms with Gasteiger partial charge in [0.15, 0.2) is 0 Å². The van der Waals surface area contributed by atoms with Crippen LogP contribution < -0.4 is 11.1 Å². The summed E-state index contributed by atoms with van der Waals surface area (Å²) < 4.78 is 15.1. The van der Waals surface area contributed by atoms with Crippen LogP contribution in [0, 0.1) is 11.7 Å². The van der Waals surface area contributed by atoms with Gasteiger partial charge >= 0.3 is 0 Å². The highest BCUT2D eigenvalue weighted by molar-refractivity contribution is 5.78. The zero-order valence-electron chi connectivity index (χ0n) is 9.49. The summed E-state index contributed by atoms with van der Waals surface area (Å²) in [5, 5.41) is 3.33. The normalized spacial score (nSPS) is 20.2. The van der Waals surface area contributed by atoms with Crippen LogP contribution in [0.3, 0.4) is 0 Å². The van der Waals surface area contributed by atoms with Crippen LogP contribution in [0.2, 0.25) is 0 Å². The van der Waals surface area contributed by atoms with Crippen LogP contribution in [0.1, 0.15) is 6.42 Å². The summed E-state index contributed by atoms with van der Waals surface area (Å²) in [6, 6.07) is 4.62. The standard InChI is InChI=1S/C12H15FN4/c13-9-1-2-11-10(5-9)16-12(14)17(11)7-8-3-4-15-6-8/h1-2,5,8,15H,3-4,6-7H2,(H2,14,16). The van der Waals surface area contributed by atoms with E-state index in [0.29, 0.717) is 17.4 Å². The molecule has 1 atom stereocenters. The minimum Gasteiger partial charge on any atom is -0.369 e. The summed E-state index contributed by atoms with van der Waals surface area (Å²) in [5.74, 6) is 0.780. The number of benzene rings is 1. The van der Waals surface area contributed by atoms with Crippen LogP contribution in [-0.4, -0.2) is 22.6 Å². The van der Waals surface area contributed by atoms with Gasteiger partial charge in [-0.1, -0.05) is 0 Å². The van der Waals surface area contributed by atoms with Gasteiger partial charge in [-0.05, 0) is 37.6 Å². The van der Waals surface area contributed by atoms with Crippen molar-refractivity contribution in [2.75, 3.05) is 18.8 Å². The van der Waals surface area contributed by atoms with E-state index in [1.807, 2.05) is 4.57 Å². The highest BCUT2D eigenvalue weighted by Gasteiger charge is 2.18. The largest absolute Gasteiger partial charge is 0.369 e. The molecular weight excluding hydrogens is 219 g/mol. The second kappa shape index (κ2) is 4.00. The summed E-state index contributed by atoms with van der Waals surface area (Å²) in [6.45, 7) is 2.92. The predicted octanol–water partition coefficient (Wildman–Crippen LogP) is 1.37. The Hall–Kier alpha value is -1.62. The second-order valence-electron chi connectivity index (χ2n) is 4.57. The molecule has 3 N–H and O–H groups in total. The summed E-state index contributed by atoms with van der Waals surface area (Å²) in [7, 11) is 0. The van der Waals surface area contributed by atoms with Crippen molar-refractivity contribution in [2.45, 2.75) is 13.0 Å². The van der Waals surface area contributed by atoms with Crippen molar-refractivity contribution in [3.8, 4) is 0 Å². The Morgan fingerprint density at radius 2 is 2.41 bits per heavy atom. The zero-order valence-corrected chi connectivity index (χ0v) is 9.49. The molecular formula is C12H15FN4. The molecule has 1 fully saturated rings. The van der Waals surface area contributed by atoms with Gasteiger partial charge in [0.25, 0.3) is 0 Å². The monoisotopic (exact) mass is 234 g/mol. The third-order valence-electron chi connectivity index (χ3n) is 3.34. The number of imidazole rings is 1. The van der Waals surface area contributed by atoms with E-state index in [4.69, 9.17) is 5.73 Å². The third-order valence-corrected chi connectivity index (χ3v) is 3.34. The molecule has 90 valence electrons. The van der Waals surface area contributed by atoms with Crippen molar-refractivity contribution in [3.63, 3.8) is 0 Å². The van der Waals surface area contributed by atoms with E-state index in [1.165, 1.54) is 12.1 Å². The Kier molecular flexibility index (Phi) is 2.48. The first-order chi connectivity index (χ1) is 8.24. The molecule has 1 unspecified atom stereocenters. The fourth-order valence-electron chi connectivity index (χ4n) is 2.44. The lowest BCUT2D eigenvalue weighted by Gasteiger charge is -2.11. The van der Waals surface area contributed by atoms with Gasteiger partial charge in [0.1, 0.15) is 5.82 Å². The van der Waals surface area contributed by atoms with Gasteiger partial charge in [0.2, 0.25) is 5.95 Å². The first kappa shape index (κ1) is 10.5. The van der Waals surface area contributed by atoms with Crippen LogP contribution in [0.25, 0.3) is 11.0 Å². The number of nitrogens with one attached hydrogen (secondary N) is 1. The Morgan fingerprint density at radius 1 is 1.53 bits per heavy atom. The Bertz CT molecular complexity index is 543. The van der Waals surface area contributed by atoms with E-state index < -0.39 is 0 Å². The molecule has 3 rings (SSSR count). The summed E-state index contributed by atoms with van der Waals surface area (Å²) >= 11 is 0. The van der Waals surface area contributed by atoms with Gasteiger partial charge in [0.05, 0.1) is 11.0 Å². The van der Waals surface area contributed by atoms with Crippen molar-refractivity contribution in [1.29, 1.82) is 0 Å². The lowest BCUT2D eigenvalue weighted by atomic mass is 10.1. The maximum Gasteiger partial charge on any atom is 0.201 e. The molecule has 1 aliphatic heterocycles. The summed E-state index contributed by atoms with van der Waals surface area (Å²) in [6.07, 6.45) is 1.15. The number of fused-ring (bicyclic) bond motifs is 1. The topological polar surface area (TPSA) is 55.9 Å². The van der Waals surface area contributed by atoms with Crippen molar-refractivity contribution < 1.29 is 4.39 Å². The smallest absolute Gasteiger partial charge is 0.201 e. The molecule has 0 amide bonds. The van der Waals surface area contributed by atoms with Crippen molar-refractivity contribution in [1.82, 2.24) is 14.9 Å². The molecule has 17 heavy (non-hydrogen) atoms. The van der Waals surface area contributed by atoms with E-state index in [0.717, 1.165) is 31.6 Å². The lowest BCUT2D eigenvalue weighted by molar-refractivity contribution is 0.493. The number of halogens is 1. The van der Waals surface area contributed by atoms with Crippen molar-refractivity contribution in [3.05, 3.63) is 24.0 Å². The molecule has 2 heterocycles. The molecule has 1 saturated heterocycles. The SMILES string of the molecule is Nc1nc2cc(F)ccc2n1CC1CCNC1. The fourth-order valence-corrected chi connectivity index (χ4v) is 2.44. The first-order valence-electron chi connectivity index (χ1n) is 5.86. The highest BCUT2D eigenvalue weighted by Crippen LogP contribution is 2.21. The van der Waals surface area contributed by atoms with Crippen molar-refractivity contribution >= 4 is 17.0 Å². The third kappa shape index (κ3) is 1.86. The quantitative estimate of drug-likeness (QED) is 0.825. The molecule has 4 nitrogen and oxygen atoms in total. The number of hydrogen-bond donors (Lipinski definition) is 2. The number of nitrogens with two attached hydrogens (primary N) is 1. The molecule has 0 aliphatic carbocycles. The molecule has 2 aromatic rings. The average molecular weight is 234 g/mol. The molecule has 0 bridgehead atoms. The highest BCUT2D eigenvalue weighted by atomic mass is 19.1. The first-order valence-corrected chi connectivity index (χ1v) is 5.86.